The van der Waals surface area contributed by atoms with E-state index in [2.05, 4.69) is 25.8 Å². The Hall–Kier alpha value is -3.10. The van der Waals surface area contributed by atoms with Crippen molar-refractivity contribution in [1.29, 1.82) is 5.26 Å². The Morgan fingerprint density at radius 1 is 1.11 bits per heavy atom. The molecule has 2 aromatic carbocycles. The number of hydrogen-bond donors (Lipinski definition) is 1. The topological polar surface area (TPSA) is 57.8 Å². The summed E-state index contributed by atoms with van der Waals surface area (Å²) in [5.74, 6) is -0.415. The molecule has 5 heteroatoms. The summed E-state index contributed by atoms with van der Waals surface area (Å²) >= 11 is 3.45. The Balaban J connectivity index is 1.93. The highest BCUT2D eigenvalue weighted by Crippen LogP contribution is 2.24. The largest absolute Gasteiger partial charge is 0.321 e. The lowest BCUT2D eigenvalue weighted by Gasteiger charge is -2.10. The molecule has 140 valence electrons. The van der Waals surface area contributed by atoms with Crippen LogP contribution in [-0.2, 0) is 4.79 Å². The van der Waals surface area contributed by atoms with Gasteiger partial charge in [0.25, 0.3) is 5.91 Å². The van der Waals surface area contributed by atoms with Gasteiger partial charge in [-0.2, -0.15) is 5.26 Å². The van der Waals surface area contributed by atoms with Crippen LogP contribution in [0.1, 0.15) is 22.5 Å². The third-order valence-corrected chi connectivity index (χ3v) is 5.02. The molecule has 0 radical (unpaired) electrons. The second-order valence-electron chi connectivity index (χ2n) is 6.63. The van der Waals surface area contributed by atoms with Crippen LogP contribution in [0.25, 0.3) is 11.8 Å². The molecule has 0 saturated heterocycles. The molecule has 0 bridgehead atoms. The van der Waals surface area contributed by atoms with Gasteiger partial charge in [-0.05, 0) is 80.4 Å². The van der Waals surface area contributed by atoms with Crippen molar-refractivity contribution < 1.29 is 4.79 Å². The van der Waals surface area contributed by atoms with Crippen LogP contribution >= 0.6 is 15.9 Å². The first-order chi connectivity index (χ1) is 13.4. The van der Waals surface area contributed by atoms with E-state index in [0.717, 1.165) is 32.7 Å². The summed E-state index contributed by atoms with van der Waals surface area (Å²) in [6.45, 7) is 5.94. The molecule has 0 saturated carbocycles. The molecule has 0 atom stereocenters. The number of hydrogen-bond acceptors (Lipinski definition) is 2. The molecule has 0 unspecified atom stereocenters. The number of aromatic nitrogens is 1. The van der Waals surface area contributed by atoms with Gasteiger partial charge in [0.05, 0.1) is 0 Å². The van der Waals surface area contributed by atoms with E-state index in [1.165, 1.54) is 0 Å². The average molecular weight is 434 g/mol. The summed E-state index contributed by atoms with van der Waals surface area (Å²) < 4.78 is 3.12. The van der Waals surface area contributed by atoms with Crippen LogP contribution in [0.4, 0.5) is 5.69 Å². The molecule has 1 heterocycles. The number of halogens is 1. The van der Waals surface area contributed by atoms with Gasteiger partial charge < -0.3 is 9.88 Å². The van der Waals surface area contributed by atoms with Crippen molar-refractivity contribution in [2.45, 2.75) is 20.8 Å². The van der Waals surface area contributed by atoms with E-state index >= 15 is 0 Å². The Labute approximate surface area is 173 Å². The standard InChI is InChI=1S/C23H20BrN3O/c1-15-5-4-6-21(11-15)26-23(28)19(14-25)13-18-12-16(2)27(17(18)3)22-9-7-20(24)8-10-22/h4-13H,1-3H3,(H,26,28)/b19-13+. The van der Waals surface area contributed by atoms with Gasteiger partial charge in [0.2, 0.25) is 0 Å². The molecule has 1 aromatic heterocycles. The molecular weight excluding hydrogens is 414 g/mol. The van der Waals surface area contributed by atoms with Crippen molar-refractivity contribution in [2.24, 2.45) is 0 Å². The van der Waals surface area contributed by atoms with E-state index in [9.17, 15) is 10.1 Å². The highest BCUT2D eigenvalue weighted by molar-refractivity contribution is 9.10. The van der Waals surface area contributed by atoms with E-state index in [1.54, 1.807) is 12.1 Å². The first-order valence-corrected chi connectivity index (χ1v) is 9.63. The summed E-state index contributed by atoms with van der Waals surface area (Å²) in [6.07, 6.45) is 1.64. The van der Waals surface area contributed by atoms with Gasteiger partial charge in [-0.3, -0.25) is 4.79 Å². The Bertz CT molecular complexity index is 1100. The van der Waals surface area contributed by atoms with Crippen molar-refractivity contribution in [3.05, 3.63) is 87.2 Å². The fraction of sp³-hybridized carbons (Fsp3) is 0.130. The molecule has 0 aliphatic heterocycles. The monoisotopic (exact) mass is 433 g/mol. The molecule has 28 heavy (non-hydrogen) atoms. The van der Waals surface area contributed by atoms with Gasteiger partial charge >= 0.3 is 0 Å². The van der Waals surface area contributed by atoms with Gasteiger partial charge in [0.1, 0.15) is 11.6 Å². The zero-order valence-corrected chi connectivity index (χ0v) is 17.5. The van der Waals surface area contributed by atoms with E-state index in [1.807, 2.05) is 75.4 Å². The highest BCUT2D eigenvalue weighted by Gasteiger charge is 2.14. The fourth-order valence-corrected chi connectivity index (χ4v) is 3.41. The maximum Gasteiger partial charge on any atom is 0.266 e. The quantitative estimate of drug-likeness (QED) is 0.422. The first kappa shape index (κ1) is 19.7. The zero-order valence-electron chi connectivity index (χ0n) is 16.0. The lowest BCUT2D eigenvalue weighted by atomic mass is 10.1. The number of nitrogens with one attached hydrogen (secondary N) is 1. The first-order valence-electron chi connectivity index (χ1n) is 8.83. The lowest BCUT2D eigenvalue weighted by molar-refractivity contribution is -0.112. The maximum absolute atomic E-state index is 12.6. The van der Waals surface area contributed by atoms with Gasteiger partial charge in [-0.1, -0.05) is 28.1 Å². The van der Waals surface area contributed by atoms with Crippen LogP contribution in [0.2, 0.25) is 0 Å². The maximum atomic E-state index is 12.6. The highest BCUT2D eigenvalue weighted by atomic mass is 79.9. The minimum atomic E-state index is -0.415. The molecule has 0 fully saturated rings. The summed E-state index contributed by atoms with van der Waals surface area (Å²) in [5, 5.41) is 12.3. The van der Waals surface area contributed by atoms with Crippen molar-refractivity contribution >= 4 is 33.6 Å². The molecule has 0 aliphatic rings. The van der Waals surface area contributed by atoms with Crippen molar-refractivity contribution in [3.8, 4) is 11.8 Å². The number of anilines is 1. The predicted molar refractivity (Wildman–Crippen MR) is 116 cm³/mol. The lowest BCUT2D eigenvalue weighted by Crippen LogP contribution is -2.13. The number of benzene rings is 2. The Kier molecular flexibility index (Phi) is 5.81. The normalized spacial score (nSPS) is 11.2. The van der Waals surface area contributed by atoms with E-state index in [-0.39, 0.29) is 5.57 Å². The summed E-state index contributed by atoms with van der Waals surface area (Å²) in [7, 11) is 0. The number of nitriles is 1. The van der Waals surface area contributed by atoms with Gasteiger partial charge in [0.15, 0.2) is 0 Å². The van der Waals surface area contributed by atoms with Gasteiger partial charge in [-0.25, -0.2) is 0 Å². The van der Waals surface area contributed by atoms with Crippen LogP contribution in [0.15, 0.2) is 64.6 Å². The Morgan fingerprint density at radius 3 is 2.46 bits per heavy atom. The van der Waals surface area contributed by atoms with Crippen LogP contribution in [0.3, 0.4) is 0 Å². The molecule has 1 amide bonds. The van der Waals surface area contributed by atoms with Gasteiger partial charge in [0, 0.05) is 27.2 Å². The molecule has 3 rings (SSSR count). The van der Waals surface area contributed by atoms with Crippen LogP contribution in [-0.4, -0.2) is 10.5 Å². The minimum absolute atomic E-state index is 0.0672. The third kappa shape index (κ3) is 4.24. The second-order valence-corrected chi connectivity index (χ2v) is 7.55. The summed E-state index contributed by atoms with van der Waals surface area (Å²) in [6, 6.07) is 19.5. The van der Waals surface area contributed by atoms with Crippen LogP contribution < -0.4 is 5.32 Å². The molecule has 0 spiro atoms. The number of amides is 1. The SMILES string of the molecule is Cc1cccc(NC(=O)/C(C#N)=C/c2cc(C)n(-c3ccc(Br)cc3)c2C)c1. The molecule has 4 nitrogen and oxygen atoms in total. The molecule has 3 aromatic rings. The molecular formula is C23H20BrN3O. The average Bonchev–Trinajstić information content (AvgIpc) is 2.94. The van der Waals surface area contributed by atoms with E-state index in [0.29, 0.717) is 5.69 Å². The second kappa shape index (κ2) is 8.28. The summed E-state index contributed by atoms with van der Waals surface area (Å²) in [4.78, 5) is 12.6. The van der Waals surface area contributed by atoms with E-state index in [4.69, 9.17) is 0 Å². The van der Waals surface area contributed by atoms with Gasteiger partial charge in [-0.15, -0.1) is 0 Å². The van der Waals surface area contributed by atoms with Crippen LogP contribution in [0, 0.1) is 32.1 Å². The number of carbonyl (C=O) groups is 1. The fourth-order valence-electron chi connectivity index (χ4n) is 3.15. The van der Waals surface area contributed by atoms with Crippen molar-refractivity contribution in [3.63, 3.8) is 0 Å². The van der Waals surface area contributed by atoms with E-state index < -0.39 is 5.91 Å². The molecule has 0 aliphatic carbocycles. The van der Waals surface area contributed by atoms with Crippen LogP contribution in [0.5, 0.6) is 0 Å². The Morgan fingerprint density at radius 2 is 1.82 bits per heavy atom. The predicted octanol–water partition coefficient (Wildman–Crippen LogP) is 5.71. The number of nitrogens with zero attached hydrogens (tertiary/aromatic N) is 2. The number of carbonyl (C=O) groups excluding carboxylic acids is 1. The zero-order chi connectivity index (χ0) is 20.3. The number of aryl methyl sites for hydroxylation is 2. The minimum Gasteiger partial charge on any atom is -0.321 e. The summed E-state index contributed by atoms with van der Waals surface area (Å²) in [5.41, 5.74) is 5.65. The molecule has 1 N–H and O–H groups in total. The van der Waals surface area contributed by atoms with Crippen molar-refractivity contribution in [2.75, 3.05) is 5.32 Å². The smallest absolute Gasteiger partial charge is 0.266 e. The van der Waals surface area contributed by atoms with Crippen molar-refractivity contribution in [1.82, 2.24) is 4.57 Å². The number of rotatable bonds is 4. The third-order valence-electron chi connectivity index (χ3n) is 4.50.